The van der Waals surface area contributed by atoms with E-state index in [1.165, 1.54) is 6.92 Å². The summed E-state index contributed by atoms with van der Waals surface area (Å²) in [6.07, 6.45) is -0.522. The third-order valence-electron chi connectivity index (χ3n) is 2.33. The van der Waals surface area contributed by atoms with Gasteiger partial charge in [-0.3, -0.25) is 4.79 Å². The molecule has 0 atom stereocenters. The Morgan fingerprint density at radius 3 is 2.32 bits per heavy atom. The molecule has 5 nitrogen and oxygen atoms in total. The van der Waals surface area contributed by atoms with E-state index in [2.05, 4.69) is 16.1 Å². The van der Waals surface area contributed by atoms with Crippen LogP contribution in [-0.4, -0.2) is 25.2 Å². The zero-order valence-electron chi connectivity index (χ0n) is 11.5. The number of hydrogen-bond acceptors (Lipinski definition) is 4. The largest absolute Gasteiger partial charge is 0.464 e. The summed E-state index contributed by atoms with van der Waals surface area (Å²) in [5.41, 5.74) is 3.22. The minimum Gasteiger partial charge on any atom is -0.464 e. The summed E-state index contributed by atoms with van der Waals surface area (Å²) in [6.45, 7) is 5.92. The fourth-order valence-corrected chi connectivity index (χ4v) is 1.70. The van der Waals surface area contributed by atoms with Gasteiger partial charge >= 0.3 is 12.1 Å². The van der Waals surface area contributed by atoms with Crippen molar-refractivity contribution in [1.82, 2.24) is 5.32 Å². The maximum Gasteiger partial charge on any atom is 0.407 e. The van der Waals surface area contributed by atoms with E-state index in [1.807, 2.05) is 26.0 Å². The Balaban J connectivity index is 2.28. The van der Waals surface area contributed by atoms with E-state index >= 15 is 0 Å². The van der Waals surface area contributed by atoms with E-state index in [4.69, 9.17) is 4.74 Å². The molecule has 5 heteroatoms. The second-order valence-corrected chi connectivity index (χ2v) is 4.34. The minimum absolute atomic E-state index is 0.147. The quantitative estimate of drug-likeness (QED) is 0.654. The van der Waals surface area contributed by atoms with Crippen LogP contribution >= 0.6 is 0 Å². The fourth-order valence-electron chi connectivity index (χ4n) is 1.70. The Morgan fingerprint density at radius 1 is 1.11 bits per heavy atom. The van der Waals surface area contributed by atoms with Gasteiger partial charge in [0.15, 0.2) is 0 Å². The van der Waals surface area contributed by atoms with E-state index in [9.17, 15) is 9.59 Å². The van der Waals surface area contributed by atoms with Crippen LogP contribution in [0.3, 0.4) is 0 Å². The van der Waals surface area contributed by atoms with Gasteiger partial charge in [0.2, 0.25) is 0 Å². The number of carbonyl (C=O) groups is 2. The highest BCUT2D eigenvalue weighted by Gasteiger charge is 2.03. The molecule has 0 aromatic heterocycles. The molecule has 19 heavy (non-hydrogen) atoms. The monoisotopic (exact) mass is 265 g/mol. The normalized spacial score (nSPS) is 9.84. The predicted octanol–water partition coefficient (Wildman–Crippen LogP) is 2.09. The van der Waals surface area contributed by atoms with E-state index < -0.39 is 6.09 Å². The van der Waals surface area contributed by atoms with Gasteiger partial charge in [-0.25, -0.2) is 4.79 Å². The van der Waals surface area contributed by atoms with E-state index in [1.54, 1.807) is 0 Å². The molecule has 1 N–H and O–H groups in total. The molecule has 1 aromatic carbocycles. The Labute approximate surface area is 112 Å². The Bertz CT molecular complexity index is 437. The van der Waals surface area contributed by atoms with Gasteiger partial charge in [0, 0.05) is 6.92 Å². The van der Waals surface area contributed by atoms with Crippen molar-refractivity contribution in [1.29, 1.82) is 0 Å². The Hall–Kier alpha value is -2.04. The third-order valence-corrected chi connectivity index (χ3v) is 2.33. The molecule has 0 heterocycles. The van der Waals surface area contributed by atoms with Gasteiger partial charge in [0.25, 0.3) is 0 Å². The number of rotatable bonds is 5. The van der Waals surface area contributed by atoms with E-state index in [0.717, 1.165) is 16.7 Å². The molecule has 0 saturated heterocycles. The maximum absolute atomic E-state index is 11.4. The average molecular weight is 265 g/mol. The number of hydrogen-bond donors (Lipinski definition) is 1. The number of aryl methyl sites for hydroxylation is 2. The first kappa shape index (κ1) is 15.0. The fraction of sp³-hybridized carbons (Fsp3) is 0.429. The first-order chi connectivity index (χ1) is 8.97. The molecule has 1 amide bonds. The lowest BCUT2D eigenvalue weighted by Crippen LogP contribution is -2.28. The van der Waals surface area contributed by atoms with Crippen molar-refractivity contribution in [3.05, 3.63) is 34.9 Å². The van der Waals surface area contributed by atoms with Crippen LogP contribution in [0.1, 0.15) is 23.6 Å². The first-order valence-corrected chi connectivity index (χ1v) is 6.08. The SMILES string of the molecule is CC(=O)OCCNC(=O)OCc1cc(C)cc(C)c1. The van der Waals surface area contributed by atoms with E-state index in [0.29, 0.717) is 0 Å². The lowest BCUT2D eigenvalue weighted by Gasteiger charge is -2.08. The standard InChI is InChI=1S/C14H19NO4/c1-10-6-11(2)8-13(7-10)9-19-14(17)15-4-5-18-12(3)16/h6-8H,4-5,9H2,1-3H3,(H,15,17). The molecule has 0 bridgehead atoms. The molecule has 0 spiro atoms. The summed E-state index contributed by atoms with van der Waals surface area (Å²) in [4.78, 5) is 21.9. The van der Waals surface area contributed by atoms with Crippen molar-refractivity contribution in [3.8, 4) is 0 Å². The van der Waals surface area contributed by atoms with Crippen LogP contribution in [0.15, 0.2) is 18.2 Å². The van der Waals surface area contributed by atoms with Crippen LogP contribution in [0.25, 0.3) is 0 Å². The van der Waals surface area contributed by atoms with Gasteiger partial charge in [0.05, 0.1) is 6.54 Å². The molecular weight excluding hydrogens is 246 g/mol. The third kappa shape index (κ3) is 6.45. The van der Waals surface area contributed by atoms with Crippen molar-refractivity contribution >= 4 is 12.1 Å². The number of esters is 1. The maximum atomic E-state index is 11.4. The van der Waals surface area contributed by atoms with Crippen molar-refractivity contribution < 1.29 is 19.1 Å². The number of alkyl carbamates (subject to hydrolysis) is 1. The van der Waals surface area contributed by atoms with Gasteiger partial charge in [-0.2, -0.15) is 0 Å². The summed E-state index contributed by atoms with van der Waals surface area (Å²) in [5.74, 6) is -0.370. The summed E-state index contributed by atoms with van der Waals surface area (Å²) < 4.78 is 9.73. The number of benzene rings is 1. The second-order valence-electron chi connectivity index (χ2n) is 4.34. The molecule has 0 aliphatic rings. The predicted molar refractivity (Wildman–Crippen MR) is 70.7 cm³/mol. The van der Waals surface area contributed by atoms with Crippen LogP contribution in [0.2, 0.25) is 0 Å². The summed E-state index contributed by atoms with van der Waals surface area (Å²) >= 11 is 0. The molecule has 0 saturated carbocycles. The summed E-state index contributed by atoms with van der Waals surface area (Å²) in [6, 6.07) is 6.00. The number of nitrogens with one attached hydrogen (secondary N) is 1. The van der Waals surface area contributed by atoms with Gasteiger partial charge < -0.3 is 14.8 Å². The zero-order valence-corrected chi connectivity index (χ0v) is 11.5. The smallest absolute Gasteiger partial charge is 0.407 e. The Morgan fingerprint density at radius 2 is 1.74 bits per heavy atom. The van der Waals surface area contributed by atoms with Gasteiger partial charge in [-0.1, -0.05) is 29.3 Å². The lowest BCUT2D eigenvalue weighted by atomic mass is 10.1. The second kappa shape index (κ2) is 7.41. The molecule has 0 aliphatic carbocycles. The van der Waals surface area contributed by atoms with Crippen LogP contribution < -0.4 is 5.32 Å². The summed E-state index contributed by atoms with van der Waals surface area (Å²) in [7, 11) is 0. The minimum atomic E-state index is -0.522. The summed E-state index contributed by atoms with van der Waals surface area (Å²) in [5, 5.41) is 2.50. The van der Waals surface area contributed by atoms with Crippen molar-refractivity contribution in [2.75, 3.05) is 13.2 Å². The molecule has 0 fully saturated rings. The molecule has 0 aliphatic heterocycles. The number of amides is 1. The average Bonchev–Trinajstić information content (AvgIpc) is 2.31. The van der Waals surface area contributed by atoms with E-state index in [-0.39, 0.29) is 25.7 Å². The number of ether oxygens (including phenoxy) is 2. The highest BCUT2D eigenvalue weighted by Crippen LogP contribution is 2.09. The van der Waals surface area contributed by atoms with Crippen LogP contribution in [0.4, 0.5) is 4.79 Å². The molecule has 104 valence electrons. The molecule has 1 rings (SSSR count). The zero-order chi connectivity index (χ0) is 14.3. The highest BCUT2D eigenvalue weighted by molar-refractivity contribution is 5.67. The first-order valence-electron chi connectivity index (χ1n) is 6.08. The molecular formula is C14H19NO4. The molecule has 0 unspecified atom stereocenters. The molecule has 1 aromatic rings. The highest BCUT2D eigenvalue weighted by atomic mass is 16.6. The van der Waals surface area contributed by atoms with Crippen LogP contribution in [-0.2, 0) is 20.9 Å². The van der Waals surface area contributed by atoms with Crippen LogP contribution in [0, 0.1) is 13.8 Å². The van der Waals surface area contributed by atoms with Crippen LogP contribution in [0.5, 0.6) is 0 Å². The Kier molecular flexibility index (Phi) is 5.85. The number of carbonyl (C=O) groups excluding carboxylic acids is 2. The van der Waals surface area contributed by atoms with Crippen molar-refractivity contribution in [3.63, 3.8) is 0 Å². The lowest BCUT2D eigenvalue weighted by molar-refractivity contribution is -0.140. The van der Waals surface area contributed by atoms with Gasteiger partial charge in [0.1, 0.15) is 13.2 Å². The topological polar surface area (TPSA) is 64.6 Å². The van der Waals surface area contributed by atoms with Gasteiger partial charge in [-0.05, 0) is 19.4 Å². The van der Waals surface area contributed by atoms with Crippen molar-refractivity contribution in [2.24, 2.45) is 0 Å². The molecule has 0 radical (unpaired) electrons. The van der Waals surface area contributed by atoms with Crippen molar-refractivity contribution in [2.45, 2.75) is 27.4 Å². The van der Waals surface area contributed by atoms with Gasteiger partial charge in [-0.15, -0.1) is 0 Å².